The van der Waals surface area contributed by atoms with Gasteiger partial charge in [0.2, 0.25) is 5.91 Å². The fourth-order valence-corrected chi connectivity index (χ4v) is 1.30. The minimum Gasteiger partial charge on any atom is -0.372 e. The molecule has 6 heteroatoms. The summed E-state index contributed by atoms with van der Waals surface area (Å²) in [5.41, 5.74) is 0.465. The maximum Gasteiger partial charge on any atom is 0.255 e. The molecule has 0 aliphatic heterocycles. The van der Waals surface area contributed by atoms with Crippen LogP contribution in [0.2, 0.25) is 0 Å². The summed E-state index contributed by atoms with van der Waals surface area (Å²) in [5.74, 6) is 0.168. The second-order valence-electron chi connectivity index (χ2n) is 3.33. The topological polar surface area (TPSA) is 83.1 Å². The van der Waals surface area contributed by atoms with Crippen molar-refractivity contribution >= 4 is 17.6 Å². The zero-order chi connectivity index (χ0) is 12.7. The monoisotopic (exact) mass is 236 g/mol. The molecule has 0 spiro atoms. The molecule has 0 aliphatic carbocycles. The molecule has 0 unspecified atom stereocenters. The number of nitrogens with zero attached hydrogens (tertiary/aromatic N) is 1. The van der Waals surface area contributed by atoms with Crippen LogP contribution in [-0.4, -0.2) is 37.4 Å². The quantitative estimate of drug-likeness (QED) is 0.671. The lowest BCUT2D eigenvalue weighted by Crippen LogP contribution is -2.29. The number of amides is 2. The van der Waals surface area contributed by atoms with E-state index in [9.17, 15) is 9.59 Å². The van der Waals surface area contributed by atoms with Crippen molar-refractivity contribution in [1.29, 1.82) is 0 Å². The lowest BCUT2D eigenvalue weighted by molar-refractivity contribution is -0.120. The minimum atomic E-state index is -0.244. The predicted molar refractivity (Wildman–Crippen MR) is 64.8 cm³/mol. The third-order valence-corrected chi connectivity index (χ3v) is 2.21. The van der Waals surface area contributed by atoms with Crippen molar-refractivity contribution in [3.8, 4) is 0 Å². The molecule has 1 aromatic rings. The van der Waals surface area contributed by atoms with E-state index in [0.717, 1.165) is 0 Å². The van der Waals surface area contributed by atoms with Crippen molar-refractivity contribution in [2.75, 3.05) is 26.0 Å². The largest absolute Gasteiger partial charge is 0.372 e. The highest BCUT2D eigenvalue weighted by Crippen LogP contribution is 2.09. The number of anilines is 1. The van der Waals surface area contributed by atoms with Gasteiger partial charge in [-0.2, -0.15) is 0 Å². The van der Waals surface area contributed by atoms with Crippen LogP contribution in [0.1, 0.15) is 16.8 Å². The molecule has 3 N–H and O–H groups in total. The first kappa shape index (κ1) is 13.0. The Kier molecular flexibility index (Phi) is 4.93. The Balaban J connectivity index is 2.55. The predicted octanol–water partition coefficient (Wildman–Crippen LogP) is -0.0108. The number of hydrogen-bond acceptors (Lipinski definition) is 4. The summed E-state index contributed by atoms with van der Waals surface area (Å²) in [4.78, 5) is 26.8. The highest BCUT2D eigenvalue weighted by Gasteiger charge is 2.10. The summed E-state index contributed by atoms with van der Waals surface area (Å²) in [6.07, 6.45) is 1.87. The van der Waals surface area contributed by atoms with Gasteiger partial charge in [-0.25, -0.2) is 4.98 Å². The summed E-state index contributed by atoms with van der Waals surface area (Å²) in [6, 6.07) is 3.36. The first-order chi connectivity index (χ1) is 8.19. The van der Waals surface area contributed by atoms with E-state index in [0.29, 0.717) is 17.9 Å². The third kappa shape index (κ3) is 3.75. The first-order valence-corrected chi connectivity index (χ1v) is 5.30. The summed E-state index contributed by atoms with van der Waals surface area (Å²) in [7, 11) is 3.26. The molecule has 17 heavy (non-hydrogen) atoms. The molecule has 0 radical (unpaired) electrons. The van der Waals surface area contributed by atoms with Crippen molar-refractivity contribution in [1.82, 2.24) is 15.6 Å². The second kappa shape index (κ2) is 6.47. The molecule has 0 atom stereocenters. The van der Waals surface area contributed by atoms with Crippen LogP contribution >= 0.6 is 0 Å². The van der Waals surface area contributed by atoms with Crippen molar-refractivity contribution in [2.45, 2.75) is 6.42 Å². The smallest absolute Gasteiger partial charge is 0.255 e. The Morgan fingerprint density at radius 1 is 1.35 bits per heavy atom. The number of hydrogen-bond donors (Lipinski definition) is 3. The summed E-state index contributed by atoms with van der Waals surface area (Å²) in [6.45, 7) is 0.302. The van der Waals surface area contributed by atoms with E-state index >= 15 is 0 Å². The van der Waals surface area contributed by atoms with Crippen LogP contribution in [-0.2, 0) is 4.79 Å². The molecule has 2 amide bonds. The summed E-state index contributed by atoms with van der Waals surface area (Å²) >= 11 is 0. The average Bonchev–Trinajstić information content (AvgIpc) is 2.38. The standard InChI is InChI=1S/C11H16N4O2/c1-12-9(16)5-7-15-11(17)8-4-3-6-14-10(8)13-2/h3-4,6H,5,7H2,1-2H3,(H,12,16)(H,13,14)(H,15,17). The van der Waals surface area contributed by atoms with Crippen molar-refractivity contribution in [3.05, 3.63) is 23.9 Å². The summed E-state index contributed by atoms with van der Waals surface area (Å²) < 4.78 is 0. The van der Waals surface area contributed by atoms with E-state index < -0.39 is 0 Å². The van der Waals surface area contributed by atoms with Gasteiger partial charge in [-0.05, 0) is 12.1 Å². The first-order valence-electron chi connectivity index (χ1n) is 5.30. The SMILES string of the molecule is CNC(=O)CCNC(=O)c1cccnc1NC. The van der Waals surface area contributed by atoms with Crippen molar-refractivity contribution < 1.29 is 9.59 Å². The molecule has 92 valence electrons. The number of carbonyl (C=O) groups excluding carboxylic acids is 2. The Labute approximate surface area is 99.8 Å². The van der Waals surface area contributed by atoms with Crippen molar-refractivity contribution in [3.63, 3.8) is 0 Å². The van der Waals surface area contributed by atoms with Gasteiger partial charge < -0.3 is 16.0 Å². The molecule has 6 nitrogen and oxygen atoms in total. The second-order valence-corrected chi connectivity index (χ2v) is 3.33. The molecule has 1 aromatic heterocycles. The highest BCUT2D eigenvalue weighted by atomic mass is 16.2. The molecule has 0 fully saturated rings. The molecule has 0 saturated carbocycles. The van der Waals surface area contributed by atoms with Crippen LogP contribution < -0.4 is 16.0 Å². The van der Waals surface area contributed by atoms with E-state index in [4.69, 9.17) is 0 Å². The van der Waals surface area contributed by atoms with E-state index in [1.165, 1.54) is 0 Å². The molecule has 0 saturated heterocycles. The Bertz CT molecular complexity index is 406. The Hall–Kier alpha value is -2.11. The zero-order valence-corrected chi connectivity index (χ0v) is 9.91. The number of aromatic nitrogens is 1. The van der Waals surface area contributed by atoms with E-state index in [1.807, 2.05) is 0 Å². The summed E-state index contributed by atoms with van der Waals surface area (Å²) in [5, 5.41) is 7.98. The van der Waals surface area contributed by atoms with Gasteiger partial charge in [-0.15, -0.1) is 0 Å². The van der Waals surface area contributed by atoms with Gasteiger partial charge >= 0.3 is 0 Å². The van der Waals surface area contributed by atoms with Crippen LogP contribution in [0.3, 0.4) is 0 Å². The number of rotatable bonds is 5. The van der Waals surface area contributed by atoms with Crippen LogP contribution in [0, 0.1) is 0 Å². The lowest BCUT2D eigenvalue weighted by Gasteiger charge is -2.08. The molecule has 0 aromatic carbocycles. The van der Waals surface area contributed by atoms with Gasteiger partial charge in [-0.1, -0.05) is 0 Å². The fourth-order valence-electron chi connectivity index (χ4n) is 1.30. The molecule has 1 heterocycles. The Morgan fingerprint density at radius 3 is 2.76 bits per heavy atom. The van der Waals surface area contributed by atoms with Gasteiger partial charge in [0.1, 0.15) is 5.82 Å². The van der Waals surface area contributed by atoms with Gasteiger partial charge in [-0.3, -0.25) is 9.59 Å². The van der Waals surface area contributed by atoms with Gasteiger partial charge in [0.15, 0.2) is 0 Å². The minimum absolute atomic E-state index is 0.106. The molecule has 0 bridgehead atoms. The maximum atomic E-state index is 11.8. The lowest BCUT2D eigenvalue weighted by atomic mass is 10.2. The van der Waals surface area contributed by atoms with E-state index in [-0.39, 0.29) is 18.2 Å². The number of pyridine rings is 1. The number of nitrogens with one attached hydrogen (secondary N) is 3. The number of carbonyl (C=O) groups is 2. The van der Waals surface area contributed by atoms with Crippen LogP contribution in [0.5, 0.6) is 0 Å². The zero-order valence-electron chi connectivity index (χ0n) is 9.91. The van der Waals surface area contributed by atoms with Crippen LogP contribution in [0.25, 0.3) is 0 Å². The molecular weight excluding hydrogens is 220 g/mol. The average molecular weight is 236 g/mol. The molecule has 1 rings (SSSR count). The molecular formula is C11H16N4O2. The Morgan fingerprint density at radius 2 is 2.12 bits per heavy atom. The third-order valence-electron chi connectivity index (χ3n) is 2.21. The maximum absolute atomic E-state index is 11.8. The normalized spacial score (nSPS) is 9.53. The van der Waals surface area contributed by atoms with Gasteiger partial charge in [0.25, 0.3) is 5.91 Å². The fraction of sp³-hybridized carbons (Fsp3) is 0.364. The van der Waals surface area contributed by atoms with E-state index in [2.05, 4.69) is 20.9 Å². The van der Waals surface area contributed by atoms with Gasteiger partial charge in [0, 0.05) is 33.3 Å². The van der Waals surface area contributed by atoms with E-state index in [1.54, 1.807) is 32.4 Å². The van der Waals surface area contributed by atoms with Crippen LogP contribution in [0.4, 0.5) is 5.82 Å². The van der Waals surface area contributed by atoms with Gasteiger partial charge in [0.05, 0.1) is 5.56 Å². The van der Waals surface area contributed by atoms with Crippen molar-refractivity contribution in [2.24, 2.45) is 0 Å². The molecule has 0 aliphatic rings. The highest BCUT2D eigenvalue weighted by molar-refractivity contribution is 5.98. The van der Waals surface area contributed by atoms with Crippen LogP contribution in [0.15, 0.2) is 18.3 Å².